The molecule has 2 heterocycles. The van der Waals surface area contributed by atoms with Crippen molar-refractivity contribution < 1.29 is 0 Å². The monoisotopic (exact) mass is 222 g/mol. The molecule has 6 heteroatoms. The Morgan fingerprint density at radius 2 is 2.31 bits per heavy atom. The summed E-state index contributed by atoms with van der Waals surface area (Å²) in [7, 11) is 2.14. The van der Waals surface area contributed by atoms with Crippen LogP contribution in [0.4, 0.5) is 17.6 Å². The Bertz CT molecular complexity index is 346. The van der Waals surface area contributed by atoms with Gasteiger partial charge in [-0.05, 0) is 26.4 Å². The molecular weight excluding hydrogens is 204 g/mol. The predicted octanol–water partition coefficient (Wildman–Crippen LogP) is 0.147. The molecule has 1 fully saturated rings. The fourth-order valence-corrected chi connectivity index (χ4v) is 2.04. The minimum absolute atomic E-state index is 0.210. The van der Waals surface area contributed by atoms with E-state index in [4.69, 9.17) is 11.5 Å². The van der Waals surface area contributed by atoms with Gasteiger partial charge in [0.05, 0.1) is 0 Å². The molecule has 1 saturated heterocycles. The fourth-order valence-electron chi connectivity index (χ4n) is 2.04. The van der Waals surface area contributed by atoms with Gasteiger partial charge in [-0.1, -0.05) is 0 Å². The molecule has 1 aliphatic heterocycles. The molecular formula is C10H18N6. The Balaban J connectivity index is 1.94. The van der Waals surface area contributed by atoms with Crippen LogP contribution in [0.25, 0.3) is 0 Å². The number of likely N-dealkylation sites (tertiary alicyclic amines) is 1. The fraction of sp³-hybridized carbons (Fsp3) is 0.600. The Morgan fingerprint density at radius 1 is 1.50 bits per heavy atom. The van der Waals surface area contributed by atoms with E-state index in [-0.39, 0.29) is 5.95 Å². The summed E-state index contributed by atoms with van der Waals surface area (Å²) >= 11 is 0. The highest BCUT2D eigenvalue weighted by molar-refractivity contribution is 5.48. The Morgan fingerprint density at radius 3 is 2.94 bits per heavy atom. The molecule has 0 spiro atoms. The molecule has 1 aliphatic rings. The highest BCUT2D eigenvalue weighted by Gasteiger charge is 2.20. The standard InChI is InChI=1S/C10H18N6/c1-16-4-2-3-7(16)6-13-9-5-8(11)14-10(12)15-9/h5,7H,2-4,6H2,1H3,(H5,11,12,13,14,15). The van der Waals surface area contributed by atoms with Crippen LogP contribution < -0.4 is 16.8 Å². The number of anilines is 3. The molecule has 1 aromatic heterocycles. The summed E-state index contributed by atoms with van der Waals surface area (Å²) in [5.41, 5.74) is 11.1. The molecule has 5 N–H and O–H groups in total. The van der Waals surface area contributed by atoms with E-state index >= 15 is 0 Å². The second-order valence-corrected chi connectivity index (χ2v) is 4.19. The molecule has 1 unspecified atom stereocenters. The maximum atomic E-state index is 5.59. The van der Waals surface area contributed by atoms with Crippen LogP contribution in [0.2, 0.25) is 0 Å². The van der Waals surface area contributed by atoms with Crippen molar-refractivity contribution in [1.29, 1.82) is 0 Å². The number of nitrogens with one attached hydrogen (secondary N) is 1. The average molecular weight is 222 g/mol. The lowest BCUT2D eigenvalue weighted by Crippen LogP contribution is -2.31. The lowest BCUT2D eigenvalue weighted by Gasteiger charge is -2.19. The Labute approximate surface area is 95.0 Å². The lowest BCUT2D eigenvalue weighted by atomic mass is 10.2. The first-order valence-electron chi connectivity index (χ1n) is 5.49. The van der Waals surface area contributed by atoms with E-state index in [1.54, 1.807) is 6.07 Å². The van der Waals surface area contributed by atoms with Gasteiger partial charge in [0.25, 0.3) is 0 Å². The first-order chi connectivity index (χ1) is 7.65. The Hall–Kier alpha value is -1.56. The molecule has 2 rings (SSSR count). The van der Waals surface area contributed by atoms with Crippen molar-refractivity contribution in [2.24, 2.45) is 0 Å². The van der Waals surface area contributed by atoms with Gasteiger partial charge >= 0.3 is 0 Å². The number of hydrogen-bond acceptors (Lipinski definition) is 6. The second kappa shape index (κ2) is 4.52. The summed E-state index contributed by atoms with van der Waals surface area (Å²) in [6.07, 6.45) is 2.48. The molecule has 1 aromatic rings. The van der Waals surface area contributed by atoms with Gasteiger partial charge in [-0.25, -0.2) is 0 Å². The molecule has 6 nitrogen and oxygen atoms in total. The summed E-state index contributed by atoms with van der Waals surface area (Å²) < 4.78 is 0. The number of nitrogen functional groups attached to an aromatic ring is 2. The number of rotatable bonds is 3. The molecule has 16 heavy (non-hydrogen) atoms. The third kappa shape index (κ3) is 2.52. The van der Waals surface area contributed by atoms with Crippen LogP contribution >= 0.6 is 0 Å². The quantitative estimate of drug-likeness (QED) is 0.674. The summed E-state index contributed by atoms with van der Waals surface area (Å²) in [4.78, 5) is 10.2. The summed E-state index contributed by atoms with van der Waals surface area (Å²) in [6.45, 7) is 2.03. The van der Waals surface area contributed by atoms with Crippen LogP contribution in [0.15, 0.2) is 6.07 Å². The highest BCUT2D eigenvalue weighted by Crippen LogP contribution is 2.16. The number of likely N-dealkylation sites (N-methyl/N-ethyl adjacent to an activating group) is 1. The largest absolute Gasteiger partial charge is 0.383 e. The first kappa shape index (κ1) is 10.9. The minimum Gasteiger partial charge on any atom is -0.383 e. The number of hydrogen-bond donors (Lipinski definition) is 3. The summed E-state index contributed by atoms with van der Waals surface area (Å²) in [6, 6.07) is 2.27. The lowest BCUT2D eigenvalue weighted by molar-refractivity contribution is 0.322. The van der Waals surface area contributed by atoms with Gasteiger partial charge in [0, 0.05) is 18.7 Å². The van der Waals surface area contributed by atoms with E-state index in [9.17, 15) is 0 Å². The molecule has 1 atom stereocenters. The van der Waals surface area contributed by atoms with Crippen LogP contribution in [-0.2, 0) is 0 Å². The van der Waals surface area contributed by atoms with E-state index in [1.165, 1.54) is 19.4 Å². The smallest absolute Gasteiger partial charge is 0.223 e. The van der Waals surface area contributed by atoms with Gasteiger partial charge in [0.15, 0.2) is 0 Å². The van der Waals surface area contributed by atoms with Gasteiger partial charge in [-0.3, -0.25) is 0 Å². The third-order valence-corrected chi connectivity index (χ3v) is 2.95. The van der Waals surface area contributed by atoms with Gasteiger partial charge in [0.1, 0.15) is 11.6 Å². The summed E-state index contributed by atoms with van der Waals surface area (Å²) in [5, 5.41) is 3.25. The minimum atomic E-state index is 0.210. The predicted molar refractivity (Wildman–Crippen MR) is 65.0 cm³/mol. The van der Waals surface area contributed by atoms with Crippen molar-refractivity contribution in [1.82, 2.24) is 14.9 Å². The van der Waals surface area contributed by atoms with Gasteiger partial charge < -0.3 is 21.7 Å². The average Bonchev–Trinajstić information content (AvgIpc) is 2.59. The van der Waals surface area contributed by atoms with E-state index in [0.29, 0.717) is 17.7 Å². The van der Waals surface area contributed by atoms with Crippen LogP contribution in [0.1, 0.15) is 12.8 Å². The van der Waals surface area contributed by atoms with E-state index in [1.807, 2.05) is 0 Å². The first-order valence-corrected chi connectivity index (χ1v) is 5.49. The molecule has 0 radical (unpaired) electrons. The maximum absolute atomic E-state index is 5.59. The third-order valence-electron chi connectivity index (χ3n) is 2.95. The molecule has 0 bridgehead atoms. The zero-order valence-corrected chi connectivity index (χ0v) is 9.48. The molecule has 88 valence electrons. The zero-order valence-electron chi connectivity index (χ0n) is 9.48. The normalized spacial score (nSPS) is 21.2. The highest BCUT2D eigenvalue weighted by atomic mass is 15.2. The van der Waals surface area contributed by atoms with Crippen LogP contribution in [0.5, 0.6) is 0 Å². The van der Waals surface area contributed by atoms with E-state index < -0.39 is 0 Å². The Kier molecular flexibility index (Phi) is 3.09. The van der Waals surface area contributed by atoms with E-state index in [2.05, 4.69) is 27.2 Å². The molecule has 0 amide bonds. The van der Waals surface area contributed by atoms with Crippen molar-refractivity contribution in [2.75, 3.05) is 36.9 Å². The SMILES string of the molecule is CN1CCCC1CNc1cc(N)nc(N)n1. The number of nitrogens with two attached hydrogens (primary N) is 2. The van der Waals surface area contributed by atoms with Crippen molar-refractivity contribution in [3.63, 3.8) is 0 Å². The van der Waals surface area contributed by atoms with Crippen LogP contribution in [0, 0.1) is 0 Å². The van der Waals surface area contributed by atoms with Crippen LogP contribution in [-0.4, -0.2) is 41.0 Å². The van der Waals surface area contributed by atoms with Crippen molar-refractivity contribution in [3.05, 3.63) is 6.07 Å². The zero-order chi connectivity index (χ0) is 11.5. The van der Waals surface area contributed by atoms with Crippen LogP contribution in [0.3, 0.4) is 0 Å². The number of nitrogens with zero attached hydrogens (tertiary/aromatic N) is 3. The summed E-state index contributed by atoms with van der Waals surface area (Å²) in [5.74, 6) is 1.31. The maximum Gasteiger partial charge on any atom is 0.223 e. The van der Waals surface area contributed by atoms with Crippen molar-refractivity contribution in [3.8, 4) is 0 Å². The van der Waals surface area contributed by atoms with Gasteiger partial charge in [-0.2, -0.15) is 9.97 Å². The molecule has 0 saturated carbocycles. The van der Waals surface area contributed by atoms with E-state index in [0.717, 1.165) is 6.54 Å². The van der Waals surface area contributed by atoms with Crippen molar-refractivity contribution >= 4 is 17.6 Å². The van der Waals surface area contributed by atoms with Crippen molar-refractivity contribution in [2.45, 2.75) is 18.9 Å². The molecule has 0 aliphatic carbocycles. The van der Waals surface area contributed by atoms with Gasteiger partial charge in [-0.15, -0.1) is 0 Å². The topological polar surface area (TPSA) is 93.1 Å². The second-order valence-electron chi connectivity index (χ2n) is 4.19. The van der Waals surface area contributed by atoms with Gasteiger partial charge in [0.2, 0.25) is 5.95 Å². The number of aromatic nitrogens is 2. The molecule has 0 aromatic carbocycles.